The lowest BCUT2D eigenvalue weighted by Crippen LogP contribution is -2.10. The van der Waals surface area contributed by atoms with Gasteiger partial charge in [0.25, 0.3) is 0 Å². The maximum atomic E-state index is 12.3. The lowest BCUT2D eigenvalue weighted by molar-refractivity contribution is 0.0438. The topological polar surface area (TPSA) is 84.9 Å². The Labute approximate surface area is 176 Å². The van der Waals surface area contributed by atoms with E-state index in [2.05, 4.69) is 13.8 Å². The molecule has 7 heteroatoms. The quantitative estimate of drug-likeness (QED) is 0.414. The van der Waals surface area contributed by atoms with Gasteiger partial charge in [0.15, 0.2) is 6.79 Å². The van der Waals surface area contributed by atoms with Gasteiger partial charge in [-0.15, -0.1) is 0 Å². The van der Waals surface area contributed by atoms with Crippen molar-refractivity contribution < 1.29 is 23.7 Å². The number of esters is 1. The minimum atomic E-state index is -0.448. The molecule has 0 aliphatic rings. The first-order chi connectivity index (χ1) is 14.5. The number of benzene rings is 2. The predicted molar refractivity (Wildman–Crippen MR) is 116 cm³/mol. The van der Waals surface area contributed by atoms with Gasteiger partial charge in [-0.05, 0) is 37.1 Å². The van der Waals surface area contributed by atoms with E-state index in [1.165, 1.54) is 7.11 Å². The van der Waals surface area contributed by atoms with Crippen LogP contribution in [0.25, 0.3) is 16.6 Å². The van der Waals surface area contributed by atoms with Crippen LogP contribution in [0, 0.1) is 5.92 Å². The molecule has 1 aromatic heterocycles. The largest absolute Gasteiger partial charge is 0.493 e. The maximum absolute atomic E-state index is 12.3. The number of hydrogen-bond donors (Lipinski definition) is 1. The number of nitrogens with zero attached hydrogens (tertiary/aromatic N) is 1. The SMILES string of the molecule is CCOC(=O)c1ccc(-n2cc(N)c3c(OCC(C)C)cccc32)cc1OCOC. The van der Waals surface area contributed by atoms with Crippen LogP contribution >= 0.6 is 0 Å². The van der Waals surface area contributed by atoms with E-state index < -0.39 is 5.97 Å². The van der Waals surface area contributed by atoms with Crippen LogP contribution in [0.2, 0.25) is 0 Å². The van der Waals surface area contributed by atoms with Gasteiger partial charge < -0.3 is 29.2 Å². The van der Waals surface area contributed by atoms with Crippen molar-refractivity contribution in [3.05, 3.63) is 48.2 Å². The van der Waals surface area contributed by atoms with Crippen molar-refractivity contribution in [2.45, 2.75) is 20.8 Å². The average molecular weight is 412 g/mol. The number of anilines is 1. The number of rotatable bonds is 9. The minimum Gasteiger partial charge on any atom is -0.493 e. The third-order valence-electron chi connectivity index (χ3n) is 4.46. The lowest BCUT2D eigenvalue weighted by Gasteiger charge is -2.14. The molecule has 30 heavy (non-hydrogen) atoms. The molecule has 0 radical (unpaired) electrons. The molecule has 0 amide bonds. The second-order valence-electron chi connectivity index (χ2n) is 7.26. The Morgan fingerprint density at radius 3 is 2.63 bits per heavy atom. The highest BCUT2D eigenvalue weighted by Crippen LogP contribution is 2.35. The Morgan fingerprint density at radius 2 is 1.93 bits per heavy atom. The summed E-state index contributed by atoms with van der Waals surface area (Å²) in [4.78, 5) is 12.3. The minimum absolute atomic E-state index is 0.0115. The van der Waals surface area contributed by atoms with Gasteiger partial charge in [0.05, 0.1) is 29.8 Å². The van der Waals surface area contributed by atoms with Crippen molar-refractivity contribution in [3.8, 4) is 17.2 Å². The maximum Gasteiger partial charge on any atom is 0.341 e. The van der Waals surface area contributed by atoms with E-state index in [4.69, 9.17) is 24.7 Å². The highest BCUT2D eigenvalue weighted by atomic mass is 16.7. The first-order valence-corrected chi connectivity index (χ1v) is 9.91. The Kier molecular flexibility index (Phi) is 6.84. The molecule has 0 atom stereocenters. The zero-order chi connectivity index (χ0) is 21.7. The van der Waals surface area contributed by atoms with Gasteiger partial charge in [-0.25, -0.2) is 4.79 Å². The zero-order valence-electron chi connectivity index (χ0n) is 17.8. The van der Waals surface area contributed by atoms with Crippen LogP contribution in [0.5, 0.6) is 11.5 Å². The standard InChI is InChI=1S/C23H28N2O5/c1-5-28-23(26)17-10-9-16(11-21(17)30-14-27-4)25-12-18(24)22-19(25)7-6-8-20(22)29-13-15(2)3/h6-12,15H,5,13-14,24H2,1-4H3. The Bertz CT molecular complexity index is 1030. The number of fused-ring (bicyclic) bond motifs is 1. The van der Waals surface area contributed by atoms with Crippen LogP contribution in [-0.4, -0.2) is 37.7 Å². The smallest absolute Gasteiger partial charge is 0.341 e. The summed E-state index contributed by atoms with van der Waals surface area (Å²) in [6.07, 6.45) is 1.84. The lowest BCUT2D eigenvalue weighted by atomic mass is 10.1. The van der Waals surface area contributed by atoms with E-state index in [0.717, 1.165) is 22.3 Å². The van der Waals surface area contributed by atoms with Crippen LogP contribution in [0.3, 0.4) is 0 Å². The van der Waals surface area contributed by atoms with Crippen molar-refractivity contribution in [2.24, 2.45) is 5.92 Å². The number of carbonyl (C=O) groups is 1. The third kappa shape index (κ3) is 4.52. The molecule has 0 fully saturated rings. The second kappa shape index (κ2) is 9.54. The van der Waals surface area contributed by atoms with E-state index in [0.29, 0.717) is 29.5 Å². The summed E-state index contributed by atoms with van der Waals surface area (Å²) in [5.41, 5.74) is 8.96. The van der Waals surface area contributed by atoms with E-state index in [9.17, 15) is 4.79 Å². The van der Waals surface area contributed by atoms with Crippen molar-refractivity contribution >= 4 is 22.6 Å². The van der Waals surface area contributed by atoms with Crippen molar-refractivity contribution in [1.29, 1.82) is 0 Å². The number of nitrogen functional groups attached to an aromatic ring is 1. The fraction of sp³-hybridized carbons (Fsp3) is 0.348. The fourth-order valence-electron chi connectivity index (χ4n) is 3.15. The first kappa shape index (κ1) is 21.5. The van der Waals surface area contributed by atoms with Crippen LogP contribution in [0.4, 0.5) is 5.69 Å². The Morgan fingerprint density at radius 1 is 1.13 bits per heavy atom. The van der Waals surface area contributed by atoms with Crippen LogP contribution < -0.4 is 15.2 Å². The second-order valence-corrected chi connectivity index (χ2v) is 7.26. The summed E-state index contributed by atoms with van der Waals surface area (Å²) in [6.45, 7) is 6.85. The molecule has 3 aromatic rings. The van der Waals surface area contributed by atoms with Gasteiger partial charge in [0.1, 0.15) is 17.1 Å². The number of nitrogens with two attached hydrogens (primary N) is 1. The fourth-order valence-corrected chi connectivity index (χ4v) is 3.15. The molecule has 1 heterocycles. The molecular formula is C23H28N2O5. The first-order valence-electron chi connectivity index (χ1n) is 9.91. The summed E-state index contributed by atoms with van der Waals surface area (Å²) in [5.74, 6) is 1.08. The molecule has 3 rings (SSSR count). The molecule has 0 bridgehead atoms. The Balaban J connectivity index is 2.06. The van der Waals surface area contributed by atoms with Gasteiger partial charge >= 0.3 is 5.97 Å². The van der Waals surface area contributed by atoms with Gasteiger partial charge in [-0.1, -0.05) is 19.9 Å². The molecule has 2 N–H and O–H groups in total. The van der Waals surface area contributed by atoms with Crippen molar-refractivity contribution in [2.75, 3.05) is 32.9 Å². The highest BCUT2D eigenvalue weighted by Gasteiger charge is 2.18. The number of carbonyl (C=O) groups excluding carboxylic acids is 1. The monoisotopic (exact) mass is 412 g/mol. The van der Waals surface area contributed by atoms with Gasteiger partial charge in [-0.3, -0.25) is 0 Å². The van der Waals surface area contributed by atoms with Crippen LogP contribution in [0.1, 0.15) is 31.1 Å². The van der Waals surface area contributed by atoms with E-state index in [1.54, 1.807) is 19.1 Å². The zero-order valence-corrected chi connectivity index (χ0v) is 17.8. The number of aromatic nitrogens is 1. The molecule has 0 saturated carbocycles. The predicted octanol–water partition coefficient (Wildman–Crippen LogP) is 4.41. The van der Waals surface area contributed by atoms with Crippen molar-refractivity contribution in [1.82, 2.24) is 4.57 Å². The van der Waals surface area contributed by atoms with Gasteiger partial charge in [0.2, 0.25) is 0 Å². The number of ether oxygens (including phenoxy) is 4. The van der Waals surface area contributed by atoms with E-state index >= 15 is 0 Å². The summed E-state index contributed by atoms with van der Waals surface area (Å²) in [6, 6.07) is 11.1. The van der Waals surface area contributed by atoms with Crippen molar-refractivity contribution in [3.63, 3.8) is 0 Å². The molecule has 0 spiro atoms. The molecule has 0 aliphatic carbocycles. The summed E-state index contributed by atoms with van der Waals surface area (Å²) < 4.78 is 23.7. The third-order valence-corrected chi connectivity index (χ3v) is 4.46. The van der Waals surface area contributed by atoms with Gasteiger partial charge in [0, 0.05) is 25.1 Å². The normalized spacial score (nSPS) is 11.1. The number of methoxy groups -OCH3 is 1. The Hall–Kier alpha value is -3.19. The van der Waals surface area contributed by atoms with Gasteiger partial charge in [-0.2, -0.15) is 0 Å². The molecule has 0 saturated heterocycles. The molecular weight excluding hydrogens is 384 g/mol. The summed E-state index contributed by atoms with van der Waals surface area (Å²) >= 11 is 0. The summed E-state index contributed by atoms with van der Waals surface area (Å²) in [7, 11) is 1.52. The number of hydrogen-bond acceptors (Lipinski definition) is 6. The van der Waals surface area contributed by atoms with Crippen LogP contribution in [0.15, 0.2) is 42.6 Å². The van der Waals surface area contributed by atoms with E-state index in [-0.39, 0.29) is 13.4 Å². The molecule has 2 aromatic carbocycles. The highest BCUT2D eigenvalue weighted by molar-refractivity contribution is 5.98. The average Bonchev–Trinajstić information content (AvgIpc) is 3.08. The molecule has 0 aliphatic heterocycles. The molecule has 160 valence electrons. The molecule has 0 unspecified atom stereocenters. The summed E-state index contributed by atoms with van der Waals surface area (Å²) in [5, 5.41) is 0.854. The molecule has 7 nitrogen and oxygen atoms in total. The van der Waals surface area contributed by atoms with Crippen LogP contribution in [-0.2, 0) is 9.47 Å². The van der Waals surface area contributed by atoms with E-state index in [1.807, 2.05) is 35.0 Å².